The summed E-state index contributed by atoms with van der Waals surface area (Å²) in [6.45, 7) is 20.0. The third kappa shape index (κ3) is 3.20. The molecule has 0 saturated carbocycles. The Labute approximate surface area is 202 Å². The molecule has 0 amide bonds. The fraction of sp³-hybridized carbons (Fsp3) is 0.464. The minimum absolute atomic E-state index is 0.101. The molecule has 0 aliphatic carbocycles. The molecule has 0 spiro atoms. The quantitative estimate of drug-likeness (QED) is 0.324. The molecular weight excluding hydrogens is 493 g/mol. The predicted molar refractivity (Wildman–Crippen MR) is 136 cm³/mol. The third-order valence-electron chi connectivity index (χ3n) is 7.39. The van der Waals surface area contributed by atoms with E-state index in [0.29, 0.717) is 5.92 Å². The van der Waals surface area contributed by atoms with Crippen LogP contribution in [0.15, 0.2) is 42.7 Å². The topological polar surface area (TPSA) is 12.1 Å². The summed E-state index contributed by atoms with van der Waals surface area (Å²) in [5, 5.41) is 0. The zero-order valence-corrected chi connectivity index (χ0v) is 24.5. The molecule has 0 fully saturated rings. The maximum atomic E-state index is 2.73. The van der Waals surface area contributed by atoms with Gasteiger partial charge < -0.3 is 0 Å². The van der Waals surface area contributed by atoms with Crippen LogP contribution in [0.25, 0.3) is 11.4 Å². The first-order valence-corrected chi connectivity index (χ1v) is 16.6. The van der Waals surface area contributed by atoms with E-state index >= 15 is 0 Å². The van der Waals surface area contributed by atoms with Crippen molar-refractivity contribution in [3.8, 4) is 11.4 Å². The molecule has 0 saturated heterocycles. The number of hydrogen-bond acceptors (Lipinski definition) is 1. The minimum atomic E-state index is -2.70. The molecule has 2 aliphatic rings. The van der Waals surface area contributed by atoms with Gasteiger partial charge in [-0.25, -0.2) is 0 Å². The Morgan fingerprint density at radius 2 is 1.72 bits per heavy atom. The summed E-state index contributed by atoms with van der Waals surface area (Å²) in [4.78, 5) is 0. The first-order valence-electron chi connectivity index (χ1n) is 12.0. The van der Waals surface area contributed by atoms with E-state index in [1.165, 1.54) is 28.2 Å². The summed E-state index contributed by atoms with van der Waals surface area (Å²) in [6.07, 6.45) is 4.71. The van der Waals surface area contributed by atoms with Crippen molar-refractivity contribution >= 4 is 31.0 Å². The van der Waals surface area contributed by atoms with Crippen LogP contribution in [0.2, 0.25) is 0 Å². The van der Waals surface area contributed by atoms with Crippen LogP contribution in [-0.2, 0) is 17.4 Å². The molecule has 166 valence electrons. The summed E-state index contributed by atoms with van der Waals surface area (Å²) >= 11 is -2.70. The van der Waals surface area contributed by atoms with Crippen LogP contribution in [0.3, 0.4) is 0 Å². The molecule has 2 aromatic carbocycles. The van der Waals surface area contributed by atoms with Gasteiger partial charge in [0.25, 0.3) is 0 Å². The summed E-state index contributed by atoms with van der Waals surface area (Å²) in [7, 11) is 2.37. The molecule has 3 nitrogen and oxygen atoms in total. The number of rotatable bonds is 2. The second-order valence-electron chi connectivity index (χ2n) is 12.1. The van der Waals surface area contributed by atoms with Crippen LogP contribution < -0.4 is 10.8 Å². The fourth-order valence-electron chi connectivity index (χ4n) is 5.64. The Morgan fingerprint density at radius 1 is 1.00 bits per heavy atom. The maximum absolute atomic E-state index is 2.73. The van der Waals surface area contributed by atoms with Crippen LogP contribution in [0.1, 0.15) is 83.6 Å². The van der Waals surface area contributed by atoms with Gasteiger partial charge in [-0.3, -0.25) is 0 Å². The van der Waals surface area contributed by atoms with Crippen molar-refractivity contribution in [2.45, 2.75) is 78.7 Å². The zero-order valence-electron chi connectivity index (χ0n) is 21.2. The van der Waals surface area contributed by atoms with Gasteiger partial charge >= 0.3 is 203 Å². The summed E-state index contributed by atoms with van der Waals surface area (Å²) in [5.74, 6) is 1.95. The van der Waals surface area contributed by atoms with E-state index in [0.717, 1.165) is 6.54 Å². The molecule has 0 unspecified atom stereocenters. The second-order valence-corrected chi connectivity index (χ2v) is 19.7. The molecule has 0 atom stereocenters. The number of hydrogen-bond donors (Lipinski definition) is 0. The van der Waals surface area contributed by atoms with Gasteiger partial charge in [-0.15, -0.1) is 0 Å². The molecule has 2 aliphatic heterocycles. The SMILES string of the molecule is CC(C)c1cc(C(C)(C)C)cc(C(C)(C)C)[c]1[In]1[N](C)c2cccc3c2-c2[n]1cc[n+]2C3. The van der Waals surface area contributed by atoms with Crippen LogP contribution in [0.5, 0.6) is 0 Å². The Bertz CT molecular complexity index is 1220. The van der Waals surface area contributed by atoms with Gasteiger partial charge in [-0.1, -0.05) is 0 Å². The van der Waals surface area contributed by atoms with Crippen molar-refractivity contribution in [1.29, 1.82) is 0 Å². The molecule has 1 aromatic heterocycles. The summed E-state index contributed by atoms with van der Waals surface area (Å²) < 4.78 is 9.61. The van der Waals surface area contributed by atoms with Crippen molar-refractivity contribution < 1.29 is 4.57 Å². The van der Waals surface area contributed by atoms with Gasteiger partial charge in [0.05, 0.1) is 0 Å². The molecule has 0 bridgehead atoms. The Hall–Kier alpha value is -1.68. The summed E-state index contributed by atoms with van der Waals surface area (Å²) in [5.41, 5.74) is 9.21. The normalized spacial score (nSPS) is 15.1. The van der Waals surface area contributed by atoms with Crippen LogP contribution in [0.4, 0.5) is 5.69 Å². The number of imidazole rings is 1. The Morgan fingerprint density at radius 3 is 2.34 bits per heavy atom. The van der Waals surface area contributed by atoms with E-state index in [1.54, 1.807) is 14.4 Å². The molecule has 32 heavy (non-hydrogen) atoms. The Balaban J connectivity index is 1.84. The monoisotopic (exact) mass is 530 g/mol. The average molecular weight is 530 g/mol. The first-order chi connectivity index (χ1) is 14.9. The van der Waals surface area contributed by atoms with Crippen molar-refractivity contribution in [3.05, 3.63) is 65.0 Å². The van der Waals surface area contributed by atoms with Crippen LogP contribution >= 0.6 is 0 Å². The number of benzene rings is 2. The van der Waals surface area contributed by atoms with Crippen molar-refractivity contribution in [2.75, 3.05) is 9.94 Å². The van der Waals surface area contributed by atoms with Gasteiger partial charge in [-0.05, 0) is 0 Å². The van der Waals surface area contributed by atoms with E-state index in [1.807, 2.05) is 0 Å². The van der Waals surface area contributed by atoms with E-state index in [4.69, 9.17) is 0 Å². The predicted octanol–water partition coefficient (Wildman–Crippen LogP) is 5.22. The van der Waals surface area contributed by atoms with E-state index in [2.05, 4.69) is 115 Å². The molecule has 3 aromatic rings. The van der Waals surface area contributed by atoms with Crippen LogP contribution in [-0.4, -0.2) is 31.6 Å². The number of anilines is 1. The molecular formula is C28H37InN3+. The molecule has 3 heterocycles. The van der Waals surface area contributed by atoms with Gasteiger partial charge in [0.1, 0.15) is 0 Å². The molecule has 4 heteroatoms. The first kappa shape index (κ1) is 22.1. The molecule has 5 rings (SSSR count). The number of nitrogens with zero attached hydrogens (tertiary/aromatic N) is 3. The van der Waals surface area contributed by atoms with E-state index < -0.39 is 22.0 Å². The summed E-state index contributed by atoms with van der Waals surface area (Å²) in [6, 6.07) is 12.0. The van der Waals surface area contributed by atoms with Crippen molar-refractivity contribution in [3.63, 3.8) is 0 Å². The zero-order chi connectivity index (χ0) is 23.2. The molecule has 0 N–H and O–H groups in total. The van der Waals surface area contributed by atoms with E-state index in [9.17, 15) is 0 Å². The van der Waals surface area contributed by atoms with Crippen molar-refractivity contribution in [2.24, 2.45) is 0 Å². The van der Waals surface area contributed by atoms with Gasteiger partial charge in [0.15, 0.2) is 0 Å². The second kappa shape index (κ2) is 7.16. The average Bonchev–Trinajstić information content (AvgIpc) is 3.26. The van der Waals surface area contributed by atoms with Gasteiger partial charge in [0.2, 0.25) is 0 Å². The van der Waals surface area contributed by atoms with Crippen molar-refractivity contribution in [1.82, 2.24) is 2.55 Å². The standard InChI is InChI=1S/C17H27.C11H10N3.In/c1-12(2)13-9-14(16(3,4)5)11-15(10-13)17(6,7)8;1-12-9-4-2-3-8-7-14-6-5-13-11(14)10(8)9;/h9,11-12H,1-8H3;2-6H,7H2,1H3;/q;-1;+2. The van der Waals surface area contributed by atoms with E-state index in [-0.39, 0.29) is 10.8 Å². The third-order valence-corrected chi connectivity index (χ3v) is 16.3. The van der Waals surface area contributed by atoms with Gasteiger partial charge in [-0.2, -0.15) is 0 Å². The molecule has 0 radical (unpaired) electrons. The fourth-order valence-corrected chi connectivity index (χ4v) is 16.4. The number of aromatic nitrogens is 2. The van der Waals surface area contributed by atoms with Gasteiger partial charge in [0, 0.05) is 0 Å². The van der Waals surface area contributed by atoms with Crippen LogP contribution in [0, 0.1) is 0 Å². The Kier molecular flexibility index (Phi) is 4.95.